The van der Waals surface area contributed by atoms with Gasteiger partial charge >= 0.3 is 5.97 Å². The molecule has 0 aliphatic carbocycles. The van der Waals surface area contributed by atoms with Crippen molar-refractivity contribution in [2.45, 2.75) is 13.3 Å². The average molecular weight is 293 g/mol. The molecule has 5 nitrogen and oxygen atoms in total. The third-order valence-electron chi connectivity index (χ3n) is 1.36. The summed E-state index contributed by atoms with van der Waals surface area (Å²) in [6.07, 6.45) is 0.292. The second-order valence-electron chi connectivity index (χ2n) is 2.50. The van der Waals surface area contributed by atoms with E-state index in [0.29, 0.717) is 11.6 Å². The van der Waals surface area contributed by atoms with Gasteiger partial charge in [0.2, 0.25) is 11.8 Å². The maximum Gasteiger partial charge on any atom is 0.312 e. The number of thiazole rings is 1. The first kappa shape index (κ1) is 12.1. The molecule has 1 aromatic rings. The molecule has 1 aromatic heterocycles. The molecule has 15 heavy (non-hydrogen) atoms. The summed E-state index contributed by atoms with van der Waals surface area (Å²) in [4.78, 5) is 25.8. The number of ether oxygens (including phenoxy) is 1. The van der Waals surface area contributed by atoms with Crippen LogP contribution >= 0.6 is 27.3 Å². The van der Waals surface area contributed by atoms with E-state index in [-0.39, 0.29) is 23.1 Å². The maximum absolute atomic E-state index is 11.0. The first-order chi connectivity index (χ1) is 7.15. The van der Waals surface area contributed by atoms with Crippen LogP contribution < -0.4 is 10.1 Å². The molecule has 0 fully saturated rings. The van der Waals surface area contributed by atoms with Gasteiger partial charge in [0.15, 0.2) is 5.13 Å². The van der Waals surface area contributed by atoms with E-state index < -0.39 is 0 Å². The lowest BCUT2D eigenvalue weighted by Gasteiger charge is -1.97. The molecule has 0 aromatic carbocycles. The fraction of sp³-hybridized carbons (Fsp3) is 0.375. The van der Waals surface area contributed by atoms with Crippen LogP contribution in [0.4, 0.5) is 5.13 Å². The number of carbonyl (C=O) groups is 2. The molecular weight excluding hydrogens is 284 g/mol. The van der Waals surface area contributed by atoms with E-state index in [2.05, 4.69) is 26.2 Å². The fourth-order valence-corrected chi connectivity index (χ4v) is 1.47. The van der Waals surface area contributed by atoms with Gasteiger partial charge in [-0.15, -0.1) is 11.3 Å². The maximum atomic E-state index is 11.0. The standard InChI is InChI=1S/C8H9BrN2O3S/c1-2-7(13)14-6-4-15-8(11-6)10-5(12)3-9/h4H,2-3H2,1H3,(H,10,11,12). The molecular formula is C8H9BrN2O3S. The minimum absolute atomic E-state index is 0.197. The fourth-order valence-electron chi connectivity index (χ4n) is 0.705. The number of alkyl halides is 1. The molecule has 1 N–H and O–H groups in total. The van der Waals surface area contributed by atoms with Crippen molar-refractivity contribution in [3.8, 4) is 5.88 Å². The Morgan fingerprint density at radius 3 is 3.00 bits per heavy atom. The number of nitrogens with one attached hydrogen (secondary N) is 1. The van der Waals surface area contributed by atoms with Crippen molar-refractivity contribution in [1.29, 1.82) is 0 Å². The number of anilines is 1. The Morgan fingerprint density at radius 1 is 1.67 bits per heavy atom. The minimum atomic E-state index is -0.348. The van der Waals surface area contributed by atoms with Crippen LogP contribution in [0.3, 0.4) is 0 Å². The first-order valence-electron chi connectivity index (χ1n) is 4.17. The lowest BCUT2D eigenvalue weighted by atomic mass is 10.5. The molecule has 0 aliphatic rings. The second kappa shape index (κ2) is 5.82. The Hall–Kier alpha value is -0.950. The third-order valence-corrected chi connectivity index (χ3v) is 2.60. The Balaban J connectivity index is 2.56. The molecule has 0 aliphatic heterocycles. The molecule has 1 amide bonds. The molecule has 0 radical (unpaired) electrons. The van der Waals surface area contributed by atoms with Gasteiger partial charge in [0.05, 0.1) is 10.7 Å². The summed E-state index contributed by atoms with van der Waals surface area (Å²) in [7, 11) is 0. The van der Waals surface area contributed by atoms with E-state index in [1.54, 1.807) is 12.3 Å². The molecule has 7 heteroatoms. The Labute approximate surface area is 99.0 Å². The van der Waals surface area contributed by atoms with Gasteiger partial charge in [-0.25, -0.2) is 0 Å². The quantitative estimate of drug-likeness (QED) is 0.679. The van der Waals surface area contributed by atoms with Gasteiger partial charge in [0.25, 0.3) is 0 Å². The lowest BCUT2D eigenvalue weighted by Crippen LogP contribution is -2.12. The van der Waals surface area contributed by atoms with Crippen LogP contribution in [0.5, 0.6) is 5.88 Å². The summed E-state index contributed by atoms with van der Waals surface area (Å²) in [5.74, 6) is -0.326. The molecule has 0 spiro atoms. The van der Waals surface area contributed by atoms with E-state index >= 15 is 0 Å². The number of aromatic nitrogens is 1. The number of esters is 1. The predicted molar refractivity (Wildman–Crippen MR) is 60.5 cm³/mol. The van der Waals surface area contributed by atoms with Crippen molar-refractivity contribution in [2.24, 2.45) is 0 Å². The highest BCUT2D eigenvalue weighted by molar-refractivity contribution is 9.09. The Bertz CT molecular complexity index is 334. The van der Waals surface area contributed by atoms with E-state index in [9.17, 15) is 9.59 Å². The summed E-state index contributed by atoms with van der Waals surface area (Å²) in [5, 5.41) is 4.72. The molecule has 82 valence electrons. The number of hydrogen-bond acceptors (Lipinski definition) is 5. The highest BCUT2D eigenvalue weighted by atomic mass is 79.9. The second-order valence-corrected chi connectivity index (χ2v) is 3.92. The molecule has 1 rings (SSSR count). The smallest absolute Gasteiger partial charge is 0.312 e. The summed E-state index contributed by atoms with van der Waals surface area (Å²) in [6.45, 7) is 1.70. The van der Waals surface area contributed by atoms with Crippen LogP contribution in [0.15, 0.2) is 5.38 Å². The molecule has 0 atom stereocenters. The van der Waals surface area contributed by atoms with E-state index in [4.69, 9.17) is 4.74 Å². The molecule has 0 unspecified atom stereocenters. The third kappa shape index (κ3) is 3.96. The molecule has 1 heterocycles. The zero-order valence-corrected chi connectivity index (χ0v) is 10.4. The monoisotopic (exact) mass is 292 g/mol. The van der Waals surface area contributed by atoms with Crippen molar-refractivity contribution < 1.29 is 14.3 Å². The van der Waals surface area contributed by atoms with Gasteiger partial charge in [-0.3, -0.25) is 9.59 Å². The number of halogens is 1. The lowest BCUT2D eigenvalue weighted by molar-refractivity contribution is -0.134. The molecule has 0 bridgehead atoms. The van der Waals surface area contributed by atoms with Crippen molar-refractivity contribution in [2.75, 3.05) is 10.6 Å². The Morgan fingerprint density at radius 2 is 2.40 bits per heavy atom. The van der Waals surface area contributed by atoms with Crippen molar-refractivity contribution >= 4 is 44.3 Å². The van der Waals surface area contributed by atoms with Gasteiger partial charge < -0.3 is 10.1 Å². The topological polar surface area (TPSA) is 68.3 Å². The number of nitrogens with zero attached hydrogens (tertiary/aromatic N) is 1. The molecule has 0 saturated heterocycles. The van der Waals surface area contributed by atoms with Crippen LogP contribution in [-0.2, 0) is 9.59 Å². The van der Waals surface area contributed by atoms with Gasteiger partial charge in [-0.2, -0.15) is 4.98 Å². The summed E-state index contributed by atoms with van der Waals surface area (Å²) < 4.78 is 4.86. The van der Waals surface area contributed by atoms with Gasteiger partial charge in [-0.05, 0) is 0 Å². The summed E-state index contributed by atoms with van der Waals surface area (Å²) in [6, 6.07) is 0. The zero-order valence-electron chi connectivity index (χ0n) is 7.95. The van der Waals surface area contributed by atoms with Crippen LogP contribution in [0, 0.1) is 0 Å². The van der Waals surface area contributed by atoms with Gasteiger partial charge in [-0.1, -0.05) is 22.9 Å². The predicted octanol–water partition coefficient (Wildman–Crippen LogP) is 1.79. The number of hydrogen-bond donors (Lipinski definition) is 1. The van der Waals surface area contributed by atoms with Crippen LogP contribution in [0.25, 0.3) is 0 Å². The largest absolute Gasteiger partial charge is 0.406 e. The van der Waals surface area contributed by atoms with E-state index in [1.807, 2.05) is 0 Å². The Kier molecular flexibility index (Phi) is 4.70. The van der Waals surface area contributed by atoms with Crippen LogP contribution in [0.1, 0.15) is 13.3 Å². The van der Waals surface area contributed by atoms with Crippen molar-refractivity contribution in [3.63, 3.8) is 0 Å². The number of amides is 1. The van der Waals surface area contributed by atoms with Gasteiger partial charge in [0.1, 0.15) is 0 Å². The number of rotatable bonds is 4. The first-order valence-corrected chi connectivity index (χ1v) is 6.17. The molecule has 0 saturated carbocycles. The van der Waals surface area contributed by atoms with Crippen molar-refractivity contribution in [1.82, 2.24) is 4.98 Å². The summed E-state index contributed by atoms with van der Waals surface area (Å²) >= 11 is 4.21. The van der Waals surface area contributed by atoms with Crippen molar-refractivity contribution in [3.05, 3.63) is 5.38 Å². The number of carbonyl (C=O) groups excluding carboxylic acids is 2. The normalized spacial score (nSPS) is 9.73. The van der Waals surface area contributed by atoms with Crippen LogP contribution in [0.2, 0.25) is 0 Å². The SMILES string of the molecule is CCC(=O)Oc1csc(NC(=O)CBr)n1. The highest BCUT2D eigenvalue weighted by Crippen LogP contribution is 2.21. The van der Waals surface area contributed by atoms with Crippen LogP contribution in [-0.4, -0.2) is 22.2 Å². The highest BCUT2D eigenvalue weighted by Gasteiger charge is 2.08. The minimum Gasteiger partial charge on any atom is -0.406 e. The van der Waals surface area contributed by atoms with E-state index in [1.165, 1.54) is 11.3 Å². The summed E-state index contributed by atoms with van der Waals surface area (Å²) in [5.41, 5.74) is 0. The average Bonchev–Trinajstić information content (AvgIpc) is 2.65. The zero-order chi connectivity index (χ0) is 11.3. The van der Waals surface area contributed by atoms with Gasteiger partial charge in [0, 0.05) is 6.42 Å². The van der Waals surface area contributed by atoms with E-state index in [0.717, 1.165) is 0 Å².